The molecule has 2 aromatic rings. The molecular weight excluding hydrogens is 414 g/mol. The van der Waals surface area contributed by atoms with E-state index in [2.05, 4.69) is 77.9 Å². The van der Waals surface area contributed by atoms with Gasteiger partial charge in [-0.3, -0.25) is 0 Å². The van der Waals surface area contributed by atoms with Crippen molar-refractivity contribution >= 4 is 0 Å². The van der Waals surface area contributed by atoms with Crippen molar-refractivity contribution in [3.8, 4) is 11.1 Å². The number of rotatable bonds is 0. The van der Waals surface area contributed by atoms with E-state index in [1.165, 1.54) is 33.4 Å². The molecule has 1 aliphatic carbocycles. The Morgan fingerprint density at radius 1 is 0.875 bits per heavy atom. The number of hydrogen-bond donors (Lipinski definition) is 0. The molecule has 0 saturated heterocycles. The molecule has 0 aromatic heterocycles. The second-order valence-electron chi connectivity index (χ2n) is 8.29. The van der Waals surface area contributed by atoms with Gasteiger partial charge in [0.15, 0.2) is 0 Å². The molecule has 0 spiro atoms. The molecule has 0 saturated carbocycles. The molecule has 0 fully saturated rings. The summed E-state index contributed by atoms with van der Waals surface area (Å²) in [5.41, 5.74) is 8.90. The molecule has 0 N–H and O–H groups in total. The van der Waals surface area contributed by atoms with Crippen LogP contribution in [0.1, 0.15) is 63.8 Å². The van der Waals surface area contributed by atoms with Gasteiger partial charge in [-0.05, 0) is 22.8 Å². The molecule has 0 bridgehead atoms. The number of benzene rings is 2. The number of hydrogen-bond acceptors (Lipinski definition) is 0. The Morgan fingerprint density at radius 3 is 2.04 bits per heavy atom. The van der Waals surface area contributed by atoms with Gasteiger partial charge in [0.1, 0.15) is 0 Å². The van der Waals surface area contributed by atoms with Gasteiger partial charge in [-0.1, -0.05) is 70.9 Å². The van der Waals surface area contributed by atoms with Crippen molar-refractivity contribution in [1.29, 1.82) is 0 Å². The summed E-state index contributed by atoms with van der Waals surface area (Å²) in [5, 5.41) is 0. The molecule has 2 aromatic carbocycles. The van der Waals surface area contributed by atoms with Gasteiger partial charge >= 0.3 is 26.2 Å². The third-order valence-corrected chi connectivity index (χ3v) is 4.50. The van der Waals surface area contributed by atoms with Crippen molar-refractivity contribution in [2.24, 2.45) is 0 Å². The summed E-state index contributed by atoms with van der Waals surface area (Å²) in [6, 6.07) is 14.8. The van der Waals surface area contributed by atoms with Gasteiger partial charge < -0.3 is 24.8 Å². The average Bonchev–Trinajstić information content (AvgIpc) is 2.73. The van der Waals surface area contributed by atoms with E-state index >= 15 is 0 Å². The van der Waals surface area contributed by atoms with Crippen molar-refractivity contribution in [3.05, 3.63) is 58.7 Å². The molecule has 0 amide bonds. The minimum absolute atomic E-state index is 0. The first-order valence-corrected chi connectivity index (χ1v) is 7.86. The molecule has 0 atom stereocenters. The van der Waals surface area contributed by atoms with Crippen molar-refractivity contribution in [3.63, 3.8) is 0 Å². The zero-order valence-electron chi connectivity index (χ0n) is 15.3. The quantitative estimate of drug-likeness (QED) is 0.421. The fraction of sp³-hybridized carbons (Fsp3) is 0.429. The Balaban J connectivity index is 0.00000176. The molecular formula is C21H25Cl2Zr. The minimum Gasteiger partial charge on any atom is -1.00 e. The number of fused-ring (bicyclic) bond motifs is 3. The van der Waals surface area contributed by atoms with E-state index in [4.69, 9.17) is 0 Å². The van der Waals surface area contributed by atoms with E-state index in [0.717, 1.165) is 6.42 Å². The van der Waals surface area contributed by atoms with Crippen molar-refractivity contribution in [1.82, 2.24) is 0 Å². The minimum atomic E-state index is 0. The van der Waals surface area contributed by atoms with E-state index in [1.54, 1.807) is 0 Å². The van der Waals surface area contributed by atoms with Crippen molar-refractivity contribution in [2.75, 3.05) is 0 Å². The smallest absolute Gasteiger partial charge is 1.00 e. The van der Waals surface area contributed by atoms with E-state index in [0.29, 0.717) is 0 Å². The van der Waals surface area contributed by atoms with Gasteiger partial charge in [0.25, 0.3) is 0 Å². The number of halogens is 2. The molecule has 0 aliphatic heterocycles. The Morgan fingerprint density at radius 2 is 1.50 bits per heavy atom. The fourth-order valence-electron chi connectivity index (χ4n) is 3.24. The maximum Gasteiger partial charge on any atom is 3.00 e. The average molecular weight is 440 g/mol. The normalized spacial score (nSPS) is 12.2. The summed E-state index contributed by atoms with van der Waals surface area (Å²) < 4.78 is 0. The first kappa shape index (κ1) is 23.9. The largest absolute Gasteiger partial charge is 3.00 e. The second kappa shape index (κ2) is 8.07. The van der Waals surface area contributed by atoms with Crippen LogP contribution in [0.2, 0.25) is 0 Å². The molecule has 1 radical (unpaired) electrons. The van der Waals surface area contributed by atoms with Crippen LogP contribution in [-0.2, 0) is 43.5 Å². The van der Waals surface area contributed by atoms with Gasteiger partial charge in [-0.25, -0.2) is 0 Å². The topological polar surface area (TPSA) is 0 Å². The Labute approximate surface area is 178 Å². The predicted octanol–water partition coefficient (Wildman–Crippen LogP) is -0.342. The van der Waals surface area contributed by atoms with Crippen LogP contribution in [0.3, 0.4) is 0 Å². The van der Waals surface area contributed by atoms with E-state index < -0.39 is 0 Å². The molecule has 0 unspecified atom stereocenters. The maximum absolute atomic E-state index is 3.47. The van der Waals surface area contributed by atoms with Crippen molar-refractivity contribution in [2.45, 2.75) is 58.8 Å². The Hall–Kier alpha value is -0.0969. The van der Waals surface area contributed by atoms with Crippen LogP contribution < -0.4 is 24.8 Å². The van der Waals surface area contributed by atoms with Crippen LogP contribution in [0, 0.1) is 6.07 Å². The SMILES string of the molecule is CC(C)(C)c1ccc2c(c1)-c1c([c-]ccc1C(C)(C)C)C2.[Cl-].[Cl-].[Zr+3]. The van der Waals surface area contributed by atoms with Crippen LogP contribution in [0.25, 0.3) is 11.1 Å². The zero-order chi connectivity index (χ0) is 15.4. The van der Waals surface area contributed by atoms with E-state index in [9.17, 15) is 0 Å². The third-order valence-electron chi connectivity index (χ3n) is 4.50. The predicted molar refractivity (Wildman–Crippen MR) is 90.9 cm³/mol. The zero-order valence-corrected chi connectivity index (χ0v) is 19.3. The van der Waals surface area contributed by atoms with Gasteiger partial charge in [-0.15, -0.1) is 16.7 Å². The maximum atomic E-state index is 3.47. The van der Waals surface area contributed by atoms with Crippen molar-refractivity contribution < 1.29 is 51.0 Å². The Kier molecular flexibility index (Phi) is 8.04. The van der Waals surface area contributed by atoms with E-state index in [1.807, 2.05) is 0 Å². The van der Waals surface area contributed by atoms with Gasteiger partial charge in [0.2, 0.25) is 0 Å². The van der Waals surface area contributed by atoms with Crippen LogP contribution in [-0.4, -0.2) is 0 Å². The summed E-state index contributed by atoms with van der Waals surface area (Å²) in [4.78, 5) is 0. The summed E-state index contributed by atoms with van der Waals surface area (Å²) in [6.45, 7) is 13.8. The molecule has 3 rings (SSSR count). The van der Waals surface area contributed by atoms with Crippen LogP contribution in [0.15, 0.2) is 30.3 Å². The van der Waals surface area contributed by atoms with Crippen LogP contribution in [0.5, 0.6) is 0 Å². The van der Waals surface area contributed by atoms with Gasteiger partial charge in [0.05, 0.1) is 0 Å². The van der Waals surface area contributed by atoms with Gasteiger partial charge in [0, 0.05) is 0 Å². The van der Waals surface area contributed by atoms with Crippen LogP contribution >= 0.6 is 0 Å². The van der Waals surface area contributed by atoms with E-state index in [-0.39, 0.29) is 61.8 Å². The molecule has 127 valence electrons. The summed E-state index contributed by atoms with van der Waals surface area (Å²) in [7, 11) is 0. The van der Waals surface area contributed by atoms with Crippen LogP contribution in [0.4, 0.5) is 0 Å². The molecule has 24 heavy (non-hydrogen) atoms. The molecule has 1 aliphatic rings. The van der Waals surface area contributed by atoms with Gasteiger partial charge in [-0.2, -0.15) is 18.2 Å². The second-order valence-corrected chi connectivity index (χ2v) is 8.29. The first-order valence-electron chi connectivity index (χ1n) is 7.86. The summed E-state index contributed by atoms with van der Waals surface area (Å²) in [5.74, 6) is 0. The first-order chi connectivity index (χ1) is 9.68. The molecule has 0 heterocycles. The standard InChI is InChI=1S/C21H25.2ClH.Zr/c1-20(2,3)16-11-10-14-12-15-8-7-9-18(21(4,5)6)19(15)17(14)13-16;;;/h7,9-11,13H,12H2,1-6H3;2*1H;/q-1;;;+3/p-2. The monoisotopic (exact) mass is 437 g/mol. The Bertz CT molecular complexity index is 707. The summed E-state index contributed by atoms with van der Waals surface area (Å²) >= 11 is 0. The third kappa shape index (κ3) is 4.35. The summed E-state index contributed by atoms with van der Waals surface area (Å²) in [6.07, 6.45) is 1.03. The molecule has 3 heteroatoms. The molecule has 0 nitrogen and oxygen atoms in total. The fourth-order valence-corrected chi connectivity index (χ4v) is 3.24.